The van der Waals surface area contributed by atoms with E-state index in [0.29, 0.717) is 0 Å². The third-order valence-electron chi connectivity index (χ3n) is 3.49. The van der Waals surface area contributed by atoms with Crippen molar-refractivity contribution in [3.63, 3.8) is 0 Å². The lowest BCUT2D eigenvalue weighted by Crippen LogP contribution is -2.32. The molecule has 1 heterocycles. The number of pyridine rings is 1. The number of hydrogen-bond donors (Lipinski definition) is 1. The topological polar surface area (TPSA) is 27.4 Å². The van der Waals surface area contributed by atoms with E-state index < -0.39 is 6.23 Å². The molecule has 0 aliphatic carbocycles. The van der Waals surface area contributed by atoms with Crippen LogP contribution in [0.4, 0.5) is 5.69 Å². The molecular formula is C18H23N2O+. The first-order valence-electron chi connectivity index (χ1n) is 7.28. The molecule has 110 valence electrons. The highest BCUT2D eigenvalue weighted by Gasteiger charge is 2.08. The Balaban J connectivity index is 2.10. The van der Waals surface area contributed by atoms with Crippen molar-refractivity contribution in [1.82, 2.24) is 0 Å². The van der Waals surface area contributed by atoms with Crippen LogP contribution in [0.2, 0.25) is 0 Å². The first kappa shape index (κ1) is 15.3. The zero-order valence-electron chi connectivity index (χ0n) is 12.9. The van der Waals surface area contributed by atoms with Gasteiger partial charge in [0.1, 0.15) is 13.3 Å². The van der Waals surface area contributed by atoms with Gasteiger partial charge in [-0.15, -0.1) is 0 Å². The lowest BCUT2D eigenvalue weighted by Gasteiger charge is -2.26. The molecule has 0 amide bonds. The normalized spacial score (nSPS) is 12.6. The highest BCUT2D eigenvalue weighted by Crippen LogP contribution is 2.18. The van der Waals surface area contributed by atoms with Gasteiger partial charge in [-0.2, -0.15) is 0 Å². The standard InChI is InChI=1S/C18H23N2O/c1-4-20(15(2)21)18-9-7-16(8-10-18)5-6-17-11-13-19(3)14-12-17/h5-15,21H,4H2,1-3H3/q+1. The number of anilines is 1. The molecule has 1 aromatic heterocycles. The third kappa shape index (κ3) is 4.17. The first-order chi connectivity index (χ1) is 10.1. The molecule has 1 atom stereocenters. The van der Waals surface area contributed by atoms with Crippen LogP contribution in [0.15, 0.2) is 48.8 Å². The van der Waals surface area contributed by atoms with Crippen molar-refractivity contribution in [3.05, 3.63) is 59.9 Å². The van der Waals surface area contributed by atoms with E-state index in [2.05, 4.69) is 36.4 Å². The van der Waals surface area contributed by atoms with E-state index >= 15 is 0 Å². The van der Waals surface area contributed by atoms with Gasteiger partial charge in [-0.3, -0.25) is 0 Å². The van der Waals surface area contributed by atoms with Crippen molar-refractivity contribution in [1.29, 1.82) is 0 Å². The van der Waals surface area contributed by atoms with E-state index in [1.165, 1.54) is 5.56 Å². The van der Waals surface area contributed by atoms with Crippen molar-refractivity contribution in [2.24, 2.45) is 7.05 Å². The van der Waals surface area contributed by atoms with Crippen LogP contribution in [-0.2, 0) is 7.05 Å². The smallest absolute Gasteiger partial charge is 0.169 e. The minimum atomic E-state index is -0.471. The number of aromatic nitrogens is 1. The van der Waals surface area contributed by atoms with Crippen LogP contribution in [0.1, 0.15) is 25.0 Å². The van der Waals surface area contributed by atoms with Gasteiger partial charge < -0.3 is 10.0 Å². The van der Waals surface area contributed by atoms with Gasteiger partial charge in [0.15, 0.2) is 12.4 Å². The molecule has 0 bridgehead atoms. The van der Waals surface area contributed by atoms with E-state index in [1.54, 1.807) is 6.92 Å². The monoisotopic (exact) mass is 283 g/mol. The number of nitrogens with zero attached hydrogens (tertiary/aromatic N) is 2. The second kappa shape index (κ2) is 7.04. The molecule has 1 N–H and O–H groups in total. The fourth-order valence-electron chi connectivity index (χ4n) is 2.26. The van der Waals surface area contributed by atoms with E-state index in [0.717, 1.165) is 17.8 Å². The number of aliphatic hydroxyl groups is 1. The van der Waals surface area contributed by atoms with Gasteiger partial charge in [0.2, 0.25) is 0 Å². The van der Waals surface area contributed by atoms with Crippen LogP contribution >= 0.6 is 0 Å². The number of aliphatic hydroxyl groups excluding tert-OH is 1. The molecule has 0 aliphatic rings. The highest BCUT2D eigenvalue weighted by atomic mass is 16.3. The SMILES string of the molecule is CCN(c1ccc(/C=C/c2cc[n+](C)cc2)cc1)C(C)O. The van der Waals surface area contributed by atoms with Crippen molar-refractivity contribution < 1.29 is 9.67 Å². The summed E-state index contributed by atoms with van der Waals surface area (Å²) in [5.41, 5.74) is 3.36. The molecule has 0 saturated heterocycles. The predicted octanol–water partition coefficient (Wildman–Crippen LogP) is 2.85. The average Bonchev–Trinajstić information content (AvgIpc) is 2.48. The average molecular weight is 283 g/mol. The molecule has 2 aromatic rings. The van der Waals surface area contributed by atoms with E-state index in [1.807, 2.05) is 48.0 Å². The largest absolute Gasteiger partial charge is 0.374 e. The Morgan fingerprint density at radius 2 is 1.57 bits per heavy atom. The van der Waals surface area contributed by atoms with Gasteiger partial charge in [0.25, 0.3) is 0 Å². The molecule has 1 aromatic carbocycles. The summed E-state index contributed by atoms with van der Waals surface area (Å²) in [6.45, 7) is 4.61. The second-order valence-corrected chi connectivity index (χ2v) is 5.14. The zero-order valence-corrected chi connectivity index (χ0v) is 12.9. The maximum Gasteiger partial charge on any atom is 0.169 e. The third-order valence-corrected chi connectivity index (χ3v) is 3.49. The Kier molecular flexibility index (Phi) is 5.12. The van der Waals surface area contributed by atoms with Crippen molar-refractivity contribution in [3.8, 4) is 0 Å². The molecule has 3 heteroatoms. The van der Waals surface area contributed by atoms with Crippen LogP contribution in [-0.4, -0.2) is 17.9 Å². The van der Waals surface area contributed by atoms with E-state index in [9.17, 15) is 5.11 Å². The number of rotatable bonds is 5. The zero-order chi connectivity index (χ0) is 15.2. The fraction of sp³-hybridized carbons (Fsp3) is 0.278. The lowest BCUT2D eigenvalue weighted by molar-refractivity contribution is -0.671. The van der Waals surface area contributed by atoms with E-state index in [-0.39, 0.29) is 0 Å². The Morgan fingerprint density at radius 3 is 2.05 bits per heavy atom. The molecule has 3 nitrogen and oxygen atoms in total. The van der Waals surface area contributed by atoms with Gasteiger partial charge in [-0.25, -0.2) is 4.57 Å². The predicted molar refractivity (Wildman–Crippen MR) is 87.7 cm³/mol. The van der Waals surface area contributed by atoms with Crippen LogP contribution < -0.4 is 9.47 Å². The quantitative estimate of drug-likeness (QED) is 0.675. The van der Waals surface area contributed by atoms with E-state index in [4.69, 9.17) is 0 Å². The maximum atomic E-state index is 9.72. The van der Waals surface area contributed by atoms with Crippen LogP contribution in [0.5, 0.6) is 0 Å². The molecule has 21 heavy (non-hydrogen) atoms. The summed E-state index contributed by atoms with van der Waals surface area (Å²) in [5.74, 6) is 0. The van der Waals surface area contributed by atoms with Gasteiger partial charge in [0, 0.05) is 24.4 Å². The van der Waals surface area contributed by atoms with Gasteiger partial charge in [0.05, 0.1) is 0 Å². The van der Waals surface area contributed by atoms with Crippen molar-refractivity contribution in [2.75, 3.05) is 11.4 Å². The molecule has 0 radical (unpaired) electrons. The first-order valence-corrected chi connectivity index (χ1v) is 7.28. The Hall–Kier alpha value is -2.13. The molecular weight excluding hydrogens is 260 g/mol. The molecule has 0 saturated carbocycles. The Labute approximate surface area is 126 Å². The molecule has 0 aliphatic heterocycles. The second-order valence-electron chi connectivity index (χ2n) is 5.14. The Morgan fingerprint density at radius 1 is 1.05 bits per heavy atom. The number of benzene rings is 1. The number of hydrogen-bond acceptors (Lipinski definition) is 2. The van der Waals surface area contributed by atoms with Crippen LogP contribution in [0.3, 0.4) is 0 Å². The molecule has 1 unspecified atom stereocenters. The lowest BCUT2D eigenvalue weighted by atomic mass is 10.1. The summed E-state index contributed by atoms with van der Waals surface area (Å²) in [4.78, 5) is 1.95. The maximum absolute atomic E-state index is 9.72. The molecule has 0 fully saturated rings. The van der Waals surface area contributed by atoms with Gasteiger partial charge in [-0.1, -0.05) is 24.3 Å². The summed E-state index contributed by atoms with van der Waals surface area (Å²) < 4.78 is 2.02. The summed E-state index contributed by atoms with van der Waals surface area (Å²) in [6.07, 6.45) is 7.79. The summed E-state index contributed by atoms with van der Waals surface area (Å²) in [6, 6.07) is 12.4. The molecule has 0 spiro atoms. The number of aryl methyl sites for hydroxylation is 1. The van der Waals surface area contributed by atoms with Crippen LogP contribution in [0.25, 0.3) is 12.2 Å². The minimum Gasteiger partial charge on any atom is -0.374 e. The summed E-state index contributed by atoms with van der Waals surface area (Å²) in [5, 5.41) is 9.72. The summed E-state index contributed by atoms with van der Waals surface area (Å²) in [7, 11) is 2.01. The molecule has 2 rings (SSSR count). The minimum absolute atomic E-state index is 0.471. The van der Waals surface area contributed by atoms with Crippen LogP contribution in [0, 0.1) is 0 Å². The highest BCUT2D eigenvalue weighted by molar-refractivity contribution is 5.70. The Bertz CT molecular complexity index is 586. The van der Waals surface area contributed by atoms with Crippen molar-refractivity contribution in [2.45, 2.75) is 20.1 Å². The fourth-order valence-corrected chi connectivity index (χ4v) is 2.26. The van der Waals surface area contributed by atoms with Gasteiger partial charge in [-0.05, 0) is 37.1 Å². The van der Waals surface area contributed by atoms with Crippen molar-refractivity contribution >= 4 is 17.8 Å². The summed E-state index contributed by atoms with van der Waals surface area (Å²) >= 11 is 0. The van der Waals surface area contributed by atoms with Gasteiger partial charge >= 0.3 is 0 Å².